The molecule has 1 N–H and O–H groups in total. The lowest BCUT2D eigenvalue weighted by Gasteiger charge is -2.32. The third-order valence-electron chi connectivity index (χ3n) is 3.67. The Morgan fingerprint density at radius 1 is 1.30 bits per heavy atom. The van der Waals surface area contributed by atoms with Gasteiger partial charge in [0.1, 0.15) is 0 Å². The number of benzene rings is 1. The summed E-state index contributed by atoms with van der Waals surface area (Å²) in [5.41, 5.74) is 0.0106. The maximum atomic E-state index is 13.2. The summed E-state index contributed by atoms with van der Waals surface area (Å²) in [5, 5.41) is 8.88. The number of halogens is 3. The summed E-state index contributed by atoms with van der Waals surface area (Å²) in [6, 6.07) is 7.20. The van der Waals surface area contributed by atoms with E-state index in [2.05, 4.69) is 0 Å². The number of morpholine rings is 1. The number of rotatable bonds is 4. The van der Waals surface area contributed by atoms with Gasteiger partial charge in [-0.2, -0.15) is 13.2 Å². The maximum absolute atomic E-state index is 13.2. The van der Waals surface area contributed by atoms with Gasteiger partial charge in [0, 0.05) is 13.0 Å². The first kappa shape index (κ1) is 17.3. The standard InChI is InChI=1S/C15H16F3NO4/c16-15(17,18)11(10-4-2-1-3-5-10)8-13(20)19-6-7-23-12(9-19)14(21)22/h1-5,11-12H,6-9H2,(H,21,22). The van der Waals surface area contributed by atoms with Crippen molar-refractivity contribution in [3.8, 4) is 0 Å². The number of carboxylic acid groups (broad SMARTS) is 1. The second-order valence-corrected chi connectivity index (χ2v) is 5.25. The van der Waals surface area contributed by atoms with Crippen LogP contribution in [0.25, 0.3) is 0 Å². The normalized spacial score (nSPS) is 20.1. The van der Waals surface area contributed by atoms with Gasteiger partial charge in [-0.05, 0) is 5.56 Å². The Balaban J connectivity index is 2.10. The third-order valence-corrected chi connectivity index (χ3v) is 3.67. The summed E-state index contributed by atoms with van der Waals surface area (Å²) in [4.78, 5) is 24.2. The van der Waals surface area contributed by atoms with Crippen LogP contribution >= 0.6 is 0 Å². The molecule has 8 heteroatoms. The van der Waals surface area contributed by atoms with Crippen molar-refractivity contribution >= 4 is 11.9 Å². The Morgan fingerprint density at radius 2 is 1.96 bits per heavy atom. The predicted octanol–water partition coefficient (Wildman–Crippen LogP) is 2.03. The molecule has 0 radical (unpaired) electrons. The molecule has 126 valence electrons. The van der Waals surface area contributed by atoms with Gasteiger partial charge in [-0.1, -0.05) is 30.3 Å². The van der Waals surface area contributed by atoms with Crippen LogP contribution in [0.3, 0.4) is 0 Å². The molecule has 0 saturated carbocycles. The second-order valence-electron chi connectivity index (χ2n) is 5.25. The smallest absolute Gasteiger partial charge is 0.396 e. The molecular formula is C15H16F3NO4. The van der Waals surface area contributed by atoms with Crippen LogP contribution in [0.1, 0.15) is 17.9 Å². The quantitative estimate of drug-likeness (QED) is 0.917. The number of nitrogens with zero attached hydrogens (tertiary/aromatic N) is 1. The molecule has 1 aliphatic rings. The number of alkyl halides is 3. The summed E-state index contributed by atoms with van der Waals surface area (Å²) in [5.74, 6) is -3.88. The largest absolute Gasteiger partial charge is 0.479 e. The SMILES string of the molecule is O=C(O)C1CN(C(=O)CC(c2ccccc2)C(F)(F)F)CCO1. The van der Waals surface area contributed by atoms with E-state index in [1.54, 1.807) is 6.07 Å². The van der Waals surface area contributed by atoms with Crippen molar-refractivity contribution in [2.45, 2.75) is 24.6 Å². The second kappa shape index (κ2) is 6.99. The number of amides is 1. The highest BCUT2D eigenvalue weighted by Crippen LogP contribution is 2.37. The molecule has 1 aromatic carbocycles. The molecule has 1 heterocycles. The van der Waals surface area contributed by atoms with E-state index >= 15 is 0 Å². The number of carbonyl (C=O) groups excluding carboxylic acids is 1. The van der Waals surface area contributed by atoms with E-state index in [0.29, 0.717) is 0 Å². The van der Waals surface area contributed by atoms with Crippen LogP contribution in [0, 0.1) is 0 Å². The van der Waals surface area contributed by atoms with Gasteiger partial charge >= 0.3 is 12.1 Å². The Hall–Kier alpha value is -2.09. The summed E-state index contributed by atoms with van der Waals surface area (Å²) in [6.07, 6.45) is -6.51. The highest BCUT2D eigenvalue weighted by molar-refractivity contribution is 5.79. The van der Waals surface area contributed by atoms with E-state index < -0.39 is 36.5 Å². The molecule has 0 aliphatic carbocycles. The fourth-order valence-corrected chi connectivity index (χ4v) is 2.44. The minimum Gasteiger partial charge on any atom is -0.479 e. The molecule has 1 fully saturated rings. The molecule has 2 rings (SSSR count). The molecule has 0 bridgehead atoms. The number of hydrogen-bond donors (Lipinski definition) is 1. The van der Waals surface area contributed by atoms with Gasteiger partial charge < -0.3 is 14.7 Å². The van der Waals surface area contributed by atoms with E-state index in [9.17, 15) is 22.8 Å². The lowest BCUT2D eigenvalue weighted by Crippen LogP contribution is -2.49. The van der Waals surface area contributed by atoms with E-state index in [0.717, 1.165) is 4.90 Å². The van der Waals surface area contributed by atoms with Crippen LogP contribution in [0.2, 0.25) is 0 Å². The summed E-state index contributed by atoms with van der Waals surface area (Å²) in [6.45, 7) is -0.166. The Bertz CT molecular complexity index is 562. The van der Waals surface area contributed by atoms with Gasteiger partial charge in [-0.25, -0.2) is 4.79 Å². The minimum absolute atomic E-state index is 0.00920. The lowest BCUT2D eigenvalue weighted by molar-refractivity contribution is -0.167. The molecule has 1 aliphatic heterocycles. The van der Waals surface area contributed by atoms with Crippen molar-refractivity contribution in [2.24, 2.45) is 0 Å². The summed E-state index contributed by atoms with van der Waals surface area (Å²) >= 11 is 0. The lowest BCUT2D eigenvalue weighted by atomic mass is 9.94. The monoisotopic (exact) mass is 331 g/mol. The zero-order valence-corrected chi connectivity index (χ0v) is 12.1. The number of carboxylic acids is 1. The van der Waals surface area contributed by atoms with Gasteiger partial charge in [-0.3, -0.25) is 4.79 Å². The molecule has 0 spiro atoms. The van der Waals surface area contributed by atoms with E-state index in [1.165, 1.54) is 24.3 Å². The highest BCUT2D eigenvalue weighted by atomic mass is 19.4. The summed E-state index contributed by atoms with van der Waals surface area (Å²) < 4.78 is 44.7. The van der Waals surface area contributed by atoms with Gasteiger partial charge in [-0.15, -0.1) is 0 Å². The van der Waals surface area contributed by atoms with Crippen LogP contribution in [0.4, 0.5) is 13.2 Å². The first-order valence-electron chi connectivity index (χ1n) is 7.03. The van der Waals surface area contributed by atoms with Crippen molar-refractivity contribution in [2.75, 3.05) is 19.7 Å². The number of aliphatic carboxylic acids is 1. The molecule has 5 nitrogen and oxygen atoms in total. The van der Waals surface area contributed by atoms with E-state index in [1.807, 2.05) is 0 Å². The number of hydrogen-bond acceptors (Lipinski definition) is 3. The molecular weight excluding hydrogens is 315 g/mol. The van der Waals surface area contributed by atoms with Crippen molar-refractivity contribution in [3.05, 3.63) is 35.9 Å². The van der Waals surface area contributed by atoms with E-state index in [-0.39, 0.29) is 25.3 Å². The number of carbonyl (C=O) groups is 2. The van der Waals surface area contributed by atoms with Crippen molar-refractivity contribution in [1.29, 1.82) is 0 Å². The molecule has 2 atom stereocenters. The first-order chi connectivity index (χ1) is 10.8. The molecule has 1 aromatic rings. The van der Waals surface area contributed by atoms with Crippen LogP contribution < -0.4 is 0 Å². The van der Waals surface area contributed by atoms with Crippen molar-refractivity contribution < 1.29 is 32.6 Å². The minimum atomic E-state index is -4.56. The molecule has 1 saturated heterocycles. The Labute approximate surface area is 130 Å². The third kappa shape index (κ3) is 4.44. The molecule has 0 aromatic heterocycles. The topological polar surface area (TPSA) is 66.8 Å². The van der Waals surface area contributed by atoms with Gasteiger partial charge in [0.05, 0.1) is 19.1 Å². The van der Waals surface area contributed by atoms with Crippen LogP contribution in [-0.4, -0.2) is 53.9 Å². The van der Waals surface area contributed by atoms with Gasteiger partial charge in [0.25, 0.3) is 0 Å². The maximum Gasteiger partial charge on any atom is 0.396 e. The van der Waals surface area contributed by atoms with Crippen molar-refractivity contribution in [1.82, 2.24) is 4.90 Å². The fourth-order valence-electron chi connectivity index (χ4n) is 2.44. The predicted molar refractivity (Wildman–Crippen MR) is 73.8 cm³/mol. The zero-order chi connectivity index (χ0) is 17.0. The summed E-state index contributed by atoms with van der Waals surface area (Å²) in [7, 11) is 0. The Kier molecular flexibility index (Phi) is 5.25. The molecule has 2 unspecified atom stereocenters. The van der Waals surface area contributed by atoms with Crippen LogP contribution in [0.5, 0.6) is 0 Å². The highest BCUT2D eigenvalue weighted by Gasteiger charge is 2.43. The Morgan fingerprint density at radius 3 is 2.52 bits per heavy atom. The van der Waals surface area contributed by atoms with Crippen molar-refractivity contribution in [3.63, 3.8) is 0 Å². The zero-order valence-electron chi connectivity index (χ0n) is 12.1. The number of ether oxygens (including phenoxy) is 1. The fraction of sp³-hybridized carbons (Fsp3) is 0.467. The average molecular weight is 331 g/mol. The average Bonchev–Trinajstić information content (AvgIpc) is 2.52. The molecule has 23 heavy (non-hydrogen) atoms. The van der Waals surface area contributed by atoms with Crippen LogP contribution in [0.15, 0.2) is 30.3 Å². The molecule has 1 amide bonds. The van der Waals surface area contributed by atoms with Gasteiger partial charge in [0.15, 0.2) is 6.10 Å². The van der Waals surface area contributed by atoms with Crippen LogP contribution in [-0.2, 0) is 14.3 Å². The van der Waals surface area contributed by atoms with E-state index in [4.69, 9.17) is 9.84 Å². The van der Waals surface area contributed by atoms with Gasteiger partial charge in [0.2, 0.25) is 5.91 Å². The first-order valence-corrected chi connectivity index (χ1v) is 7.03.